The number of hydrogen-bond acceptors (Lipinski definition) is 2. The molecule has 0 amide bonds. The summed E-state index contributed by atoms with van der Waals surface area (Å²) in [7, 11) is 0. The monoisotopic (exact) mass is 460 g/mol. The van der Waals surface area contributed by atoms with Gasteiger partial charge in [0.2, 0.25) is 0 Å². The first kappa shape index (κ1) is 22.9. The lowest BCUT2D eigenvalue weighted by molar-refractivity contribution is 0.298. The quantitative estimate of drug-likeness (QED) is 0.250. The Balaban J connectivity index is 1.48. The van der Waals surface area contributed by atoms with E-state index in [0.29, 0.717) is 13.2 Å². The van der Waals surface area contributed by atoms with E-state index >= 15 is 0 Å². The molecular weight excluding hydrogens is 428 g/mol. The Labute approximate surface area is 208 Å². The summed E-state index contributed by atoms with van der Waals surface area (Å²) >= 11 is 0. The molecule has 35 heavy (non-hydrogen) atoms. The molecule has 0 bridgehead atoms. The Hall–Kier alpha value is -3.85. The van der Waals surface area contributed by atoms with Gasteiger partial charge in [0.05, 0.1) is 23.5 Å². The number of aromatic nitrogens is 2. The summed E-state index contributed by atoms with van der Waals surface area (Å²) < 4.78 is 8.52. The summed E-state index contributed by atoms with van der Waals surface area (Å²) in [5, 5.41) is 0. The first-order valence-electron chi connectivity index (χ1n) is 12.3. The first-order valence-corrected chi connectivity index (χ1v) is 12.3. The van der Waals surface area contributed by atoms with Crippen LogP contribution < -0.4 is 4.74 Å². The largest absolute Gasteiger partial charge is 0.492 e. The van der Waals surface area contributed by atoms with Crippen molar-refractivity contribution in [3.63, 3.8) is 0 Å². The number of para-hydroxylation sites is 2. The van der Waals surface area contributed by atoms with Crippen molar-refractivity contribution < 1.29 is 4.74 Å². The van der Waals surface area contributed by atoms with Gasteiger partial charge in [-0.3, -0.25) is 0 Å². The third kappa shape index (κ3) is 5.00. The first-order chi connectivity index (χ1) is 17.0. The van der Waals surface area contributed by atoms with Gasteiger partial charge in [-0.25, -0.2) is 4.98 Å². The minimum atomic E-state index is 0.0378. The Bertz CT molecular complexity index is 1340. The zero-order chi connectivity index (χ0) is 24.3. The molecule has 0 N–H and O–H groups in total. The number of rotatable bonds is 7. The predicted molar refractivity (Wildman–Crippen MR) is 144 cm³/mol. The minimum Gasteiger partial charge on any atom is -0.492 e. The van der Waals surface area contributed by atoms with Crippen molar-refractivity contribution in [1.29, 1.82) is 0 Å². The van der Waals surface area contributed by atoms with Crippen LogP contribution in [0.1, 0.15) is 49.2 Å². The fourth-order valence-corrected chi connectivity index (χ4v) is 4.64. The van der Waals surface area contributed by atoms with E-state index in [1.165, 1.54) is 16.7 Å². The molecule has 176 valence electrons. The van der Waals surface area contributed by atoms with Crippen molar-refractivity contribution in [2.45, 2.75) is 38.6 Å². The molecule has 3 heteroatoms. The molecule has 0 aliphatic rings. The van der Waals surface area contributed by atoms with Crippen LogP contribution in [0, 0.1) is 0 Å². The lowest BCUT2D eigenvalue weighted by Crippen LogP contribution is -2.16. The highest BCUT2D eigenvalue weighted by molar-refractivity contribution is 5.76. The van der Waals surface area contributed by atoms with E-state index in [0.717, 1.165) is 22.6 Å². The van der Waals surface area contributed by atoms with Crippen LogP contribution in [0.2, 0.25) is 0 Å². The van der Waals surface area contributed by atoms with Gasteiger partial charge in [-0.05, 0) is 46.4 Å². The second kappa shape index (κ2) is 9.79. The van der Waals surface area contributed by atoms with Gasteiger partial charge < -0.3 is 9.30 Å². The number of fused-ring (bicyclic) bond motifs is 1. The maximum atomic E-state index is 6.19. The number of hydrogen-bond donors (Lipinski definition) is 0. The molecule has 0 radical (unpaired) electrons. The van der Waals surface area contributed by atoms with Crippen LogP contribution in [0.4, 0.5) is 0 Å². The average Bonchev–Trinajstić information content (AvgIpc) is 3.23. The lowest BCUT2D eigenvalue weighted by Gasteiger charge is -2.21. The van der Waals surface area contributed by atoms with E-state index in [9.17, 15) is 0 Å². The highest BCUT2D eigenvalue weighted by atomic mass is 16.5. The molecule has 0 atom stereocenters. The lowest BCUT2D eigenvalue weighted by atomic mass is 9.87. The molecule has 0 saturated carbocycles. The van der Waals surface area contributed by atoms with Crippen LogP contribution in [0.25, 0.3) is 11.0 Å². The smallest absolute Gasteiger partial charge is 0.122 e. The molecule has 1 heterocycles. The van der Waals surface area contributed by atoms with Crippen LogP contribution in [0.3, 0.4) is 0 Å². The van der Waals surface area contributed by atoms with Crippen molar-refractivity contribution in [2.24, 2.45) is 0 Å². The number of nitrogens with zero attached hydrogens (tertiary/aromatic N) is 2. The molecule has 0 saturated heterocycles. The second-order valence-corrected chi connectivity index (χ2v) is 9.99. The molecule has 1 aromatic heterocycles. The molecule has 0 aliphatic heterocycles. The number of ether oxygens (including phenoxy) is 1. The van der Waals surface area contributed by atoms with Crippen LogP contribution in [0.15, 0.2) is 109 Å². The zero-order valence-corrected chi connectivity index (χ0v) is 20.7. The molecule has 0 aliphatic carbocycles. The molecule has 5 rings (SSSR count). The van der Waals surface area contributed by atoms with Gasteiger partial charge in [0, 0.05) is 0 Å². The van der Waals surface area contributed by atoms with E-state index in [-0.39, 0.29) is 11.3 Å². The molecule has 4 aromatic carbocycles. The second-order valence-electron chi connectivity index (χ2n) is 9.99. The average molecular weight is 461 g/mol. The summed E-state index contributed by atoms with van der Waals surface area (Å²) in [6, 6.07) is 38.1. The third-order valence-corrected chi connectivity index (χ3v) is 6.51. The number of benzene rings is 4. The van der Waals surface area contributed by atoms with Gasteiger partial charge >= 0.3 is 0 Å². The Morgan fingerprint density at radius 2 is 1.29 bits per heavy atom. The van der Waals surface area contributed by atoms with Gasteiger partial charge in [0.15, 0.2) is 0 Å². The predicted octanol–water partition coefficient (Wildman–Crippen LogP) is 7.59. The van der Waals surface area contributed by atoms with Crippen molar-refractivity contribution >= 4 is 11.0 Å². The van der Waals surface area contributed by atoms with Crippen molar-refractivity contribution in [3.05, 3.63) is 132 Å². The highest BCUT2D eigenvalue weighted by Gasteiger charge is 2.23. The fraction of sp³-hybridized carbons (Fsp3) is 0.219. The van der Waals surface area contributed by atoms with Crippen LogP contribution in [0.5, 0.6) is 5.75 Å². The number of imidazole rings is 1. The highest BCUT2D eigenvalue weighted by Crippen LogP contribution is 2.33. The zero-order valence-electron chi connectivity index (χ0n) is 20.7. The molecular formula is C32H32N2O. The Kier molecular flexibility index (Phi) is 6.41. The van der Waals surface area contributed by atoms with Crippen molar-refractivity contribution in [3.8, 4) is 5.75 Å². The summed E-state index contributed by atoms with van der Waals surface area (Å²) in [4.78, 5) is 5.14. The van der Waals surface area contributed by atoms with Crippen molar-refractivity contribution in [2.75, 3.05) is 6.61 Å². The fourth-order valence-electron chi connectivity index (χ4n) is 4.64. The van der Waals surface area contributed by atoms with Gasteiger partial charge in [-0.1, -0.05) is 106 Å². The third-order valence-electron chi connectivity index (χ3n) is 6.51. The summed E-state index contributed by atoms with van der Waals surface area (Å²) in [6.07, 6.45) is 0. The topological polar surface area (TPSA) is 27.1 Å². The van der Waals surface area contributed by atoms with Crippen LogP contribution >= 0.6 is 0 Å². The normalized spacial score (nSPS) is 11.8. The Morgan fingerprint density at radius 1 is 0.714 bits per heavy atom. The van der Waals surface area contributed by atoms with Gasteiger partial charge in [-0.15, -0.1) is 0 Å². The summed E-state index contributed by atoms with van der Waals surface area (Å²) in [5.41, 5.74) is 6.04. The van der Waals surface area contributed by atoms with E-state index in [2.05, 4.69) is 135 Å². The molecule has 0 fully saturated rings. The molecule has 0 unspecified atom stereocenters. The van der Waals surface area contributed by atoms with E-state index in [1.54, 1.807) is 0 Å². The maximum absolute atomic E-state index is 6.19. The van der Waals surface area contributed by atoms with E-state index < -0.39 is 0 Å². The van der Waals surface area contributed by atoms with Crippen LogP contribution in [-0.4, -0.2) is 16.2 Å². The molecule has 3 nitrogen and oxygen atoms in total. The van der Waals surface area contributed by atoms with Gasteiger partial charge in [0.25, 0.3) is 0 Å². The Morgan fingerprint density at radius 3 is 1.89 bits per heavy atom. The maximum Gasteiger partial charge on any atom is 0.122 e. The summed E-state index contributed by atoms with van der Waals surface area (Å²) in [5.74, 6) is 1.97. The summed E-state index contributed by atoms with van der Waals surface area (Å²) in [6.45, 7) is 7.96. The SMILES string of the molecule is CC(C)(C)c1ccc(OCCn2c(C(c3ccccc3)c3ccccc3)nc3ccccc32)cc1. The van der Waals surface area contributed by atoms with Crippen LogP contribution in [-0.2, 0) is 12.0 Å². The van der Waals surface area contributed by atoms with Gasteiger partial charge in [0.1, 0.15) is 18.2 Å². The minimum absolute atomic E-state index is 0.0378. The van der Waals surface area contributed by atoms with E-state index in [4.69, 9.17) is 9.72 Å². The standard InChI is InChI=1S/C32H32N2O/c1-32(2,3)26-18-20-27(21-19-26)35-23-22-34-29-17-11-10-16-28(29)33-31(34)30(24-12-6-4-7-13-24)25-14-8-5-9-15-25/h4-21,30H,22-23H2,1-3H3. The molecule has 0 spiro atoms. The molecule has 5 aromatic rings. The van der Waals surface area contributed by atoms with E-state index in [1.807, 2.05) is 0 Å². The van der Waals surface area contributed by atoms with Crippen molar-refractivity contribution in [1.82, 2.24) is 9.55 Å². The van der Waals surface area contributed by atoms with Gasteiger partial charge in [-0.2, -0.15) is 0 Å².